The van der Waals surface area contributed by atoms with Gasteiger partial charge in [0, 0.05) is 6.42 Å². The Labute approximate surface area is 185 Å². The lowest BCUT2D eigenvalue weighted by Gasteiger charge is -2.22. The number of hydrogen-bond donors (Lipinski definition) is 5. The monoisotopic (exact) mass is 442 g/mol. The molecule has 0 aliphatic carbocycles. The number of amides is 3. The average Bonchev–Trinajstić information content (AvgIpc) is 2.77. The smallest absolute Gasteiger partial charge is 0.325 e. The molecule has 0 saturated heterocycles. The van der Waals surface area contributed by atoms with Crippen molar-refractivity contribution in [2.24, 2.45) is 5.73 Å². The summed E-state index contributed by atoms with van der Waals surface area (Å²) < 4.78 is 0. The molecule has 2 aromatic carbocycles. The summed E-state index contributed by atoms with van der Waals surface area (Å²) in [6, 6.07) is 15.7. The average molecular weight is 442 g/mol. The fraction of sp³-hybridized carbons (Fsp3) is 0.273. The summed E-state index contributed by atoms with van der Waals surface area (Å²) >= 11 is 0. The fourth-order valence-corrected chi connectivity index (χ4v) is 2.94. The highest BCUT2D eigenvalue weighted by Crippen LogP contribution is 2.06. The number of carbonyl (C=O) groups is 4. The molecule has 0 radical (unpaired) electrons. The van der Waals surface area contributed by atoms with Crippen LogP contribution < -0.4 is 16.4 Å². The topological polar surface area (TPSA) is 162 Å². The van der Waals surface area contributed by atoms with Crippen LogP contribution in [0, 0.1) is 0 Å². The number of aliphatic carboxylic acids is 1. The first-order valence-electron chi connectivity index (χ1n) is 9.88. The molecule has 32 heavy (non-hydrogen) atoms. The molecule has 0 bridgehead atoms. The third kappa shape index (κ3) is 8.17. The van der Waals surface area contributed by atoms with Crippen LogP contribution in [-0.2, 0) is 32.0 Å². The molecular weight excluding hydrogens is 416 g/mol. The Morgan fingerprint density at radius 3 is 1.97 bits per heavy atom. The zero-order valence-corrected chi connectivity index (χ0v) is 17.3. The maximum absolute atomic E-state index is 12.5. The molecule has 6 N–H and O–H groups in total. The van der Waals surface area contributed by atoms with Crippen LogP contribution in [0.4, 0.5) is 0 Å². The Bertz CT molecular complexity index is 923. The number of rotatable bonds is 11. The number of nitrogens with one attached hydrogen (secondary N) is 2. The summed E-state index contributed by atoms with van der Waals surface area (Å²) in [4.78, 5) is 47.8. The van der Waals surface area contributed by atoms with Gasteiger partial charge in [0.25, 0.3) is 5.91 Å². The molecule has 0 aliphatic heterocycles. The third-order valence-corrected chi connectivity index (χ3v) is 4.51. The standard InChI is InChI=1S/C22H26N4O6/c23-17(11-15-7-3-1-4-8-15)21(30)24-13-19(27)25-18(12-16-9-5-2-6-10-16)22(31)26(32)14-20(28)29/h1-10,17-18,32H,11-14,23H2,(H,24,30)(H,25,27)(H,28,29). The maximum atomic E-state index is 12.5. The van der Waals surface area contributed by atoms with E-state index in [1.165, 1.54) is 0 Å². The molecule has 0 aromatic heterocycles. The molecule has 170 valence electrons. The highest BCUT2D eigenvalue weighted by atomic mass is 16.5. The first kappa shape index (κ1) is 24.5. The maximum Gasteiger partial charge on any atom is 0.325 e. The molecule has 0 heterocycles. The summed E-state index contributed by atoms with van der Waals surface area (Å²) in [6.07, 6.45) is 0.307. The van der Waals surface area contributed by atoms with Gasteiger partial charge in [0.1, 0.15) is 12.6 Å². The molecule has 2 unspecified atom stereocenters. The minimum atomic E-state index is -1.41. The van der Waals surface area contributed by atoms with Crippen molar-refractivity contribution in [3.63, 3.8) is 0 Å². The Hall–Kier alpha value is -3.76. The molecule has 0 spiro atoms. The summed E-state index contributed by atoms with van der Waals surface area (Å²) in [7, 11) is 0. The number of carbonyl (C=O) groups excluding carboxylic acids is 3. The van der Waals surface area contributed by atoms with Gasteiger partial charge in [-0.05, 0) is 17.5 Å². The largest absolute Gasteiger partial charge is 0.480 e. The van der Waals surface area contributed by atoms with Crippen LogP contribution in [0.5, 0.6) is 0 Å². The van der Waals surface area contributed by atoms with Crippen molar-refractivity contribution in [3.05, 3.63) is 71.8 Å². The number of hydroxylamine groups is 2. The number of carboxylic acid groups (broad SMARTS) is 1. The second kappa shape index (κ2) is 12.2. The van der Waals surface area contributed by atoms with Gasteiger partial charge >= 0.3 is 5.97 Å². The van der Waals surface area contributed by atoms with E-state index in [1.54, 1.807) is 30.3 Å². The van der Waals surface area contributed by atoms with E-state index in [-0.39, 0.29) is 17.9 Å². The predicted molar refractivity (Wildman–Crippen MR) is 114 cm³/mol. The lowest BCUT2D eigenvalue weighted by Crippen LogP contribution is -2.53. The third-order valence-electron chi connectivity index (χ3n) is 4.51. The van der Waals surface area contributed by atoms with E-state index in [9.17, 15) is 24.4 Å². The van der Waals surface area contributed by atoms with Crippen molar-refractivity contribution >= 4 is 23.7 Å². The fourth-order valence-electron chi connectivity index (χ4n) is 2.94. The van der Waals surface area contributed by atoms with E-state index < -0.39 is 48.9 Å². The molecule has 10 nitrogen and oxygen atoms in total. The second-order valence-corrected chi connectivity index (χ2v) is 7.11. The number of nitrogens with two attached hydrogens (primary N) is 1. The predicted octanol–water partition coefficient (Wildman–Crippen LogP) is -0.297. The Kier molecular flexibility index (Phi) is 9.33. The first-order valence-corrected chi connectivity index (χ1v) is 9.88. The van der Waals surface area contributed by atoms with Gasteiger partial charge in [0.05, 0.1) is 12.6 Å². The van der Waals surface area contributed by atoms with Gasteiger partial charge in [-0.3, -0.25) is 24.4 Å². The molecular formula is C22H26N4O6. The normalized spacial score (nSPS) is 12.3. The number of benzene rings is 2. The molecule has 0 fully saturated rings. The number of carboxylic acids is 1. The van der Waals surface area contributed by atoms with Crippen LogP contribution in [0.1, 0.15) is 11.1 Å². The molecule has 3 amide bonds. The van der Waals surface area contributed by atoms with E-state index in [1.807, 2.05) is 30.3 Å². The van der Waals surface area contributed by atoms with Crippen molar-refractivity contribution in [2.45, 2.75) is 24.9 Å². The van der Waals surface area contributed by atoms with E-state index in [2.05, 4.69) is 10.6 Å². The van der Waals surface area contributed by atoms with Gasteiger partial charge in [-0.25, -0.2) is 5.06 Å². The van der Waals surface area contributed by atoms with Crippen molar-refractivity contribution in [1.82, 2.24) is 15.7 Å². The zero-order chi connectivity index (χ0) is 23.5. The van der Waals surface area contributed by atoms with Crippen LogP contribution in [0.25, 0.3) is 0 Å². The Morgan fingerprint density at radius 1 is 0.906 bits per heavy atom. The van der Waals surface area contributed by atoms with Crippen LogP contribution in [0.15, 0.2) is 60.7 Å². The lowest BCUT2D eigenvalue weighted by atomic mass is 10.0. The van der Waals surface area contributed by atoms with Gasteiger partial charge in [-0.15, -0.1) is 0 Å². The van der Waals surface area contributed by atoms with Crippen LogP contribution in [0.3, 0.4) is 0 Å². The van der Waals surface area contributed by atoms with Crippen molar-refractivity contribution in [3.8, 4) is 0 Å². The SMILES string of the molecule is NC(Cc1ccccc1)C(=O)NCC(=O)NC(Cc1ccccc1)C(=O)N(O)CC(=O)O. The highest BCUT2D eigenvalue weighted by molar-refractivity contribution is 5.91. The lowest BCUT2D eigenvalue weighted by molar-refractivity contribution is -0.175. The summed E-state index contributed by atoms with van der Waals surface area (Å²) in [5, 5.41) is 23.4. The van der Waals surface area contributed by atoms with Gasteiger partial charge in [-0.2, -0.15) is 0 Å². The van der Waals surface area contributed by atoms with Gasteiger partial charge < -0.3 is 21.5 Å². The molecule has 0 aliphatic rings. The van der Waals surface area contributed by atoms with E-state index in [4.69, 9.17) is 10.8 Å². The Balaban J connectivity index is 1.95. The minimum Gasteiger partial charge on any atom is -0.480 e. The Morgan fingerprint density at radius 2 is 1.44 bits per heavy atom. The summed E-state index contributed by atoms with van der Waals surface area (Å²) in [5.41, 5.74) is 7.43. The molecule has 2 aromatic rings. The van der Waals surface area contributed by atoms with Crippen molar-refractivity contribution in [2.75, 3.05) is 13.1 Å². The second-order valence-electron chi connectivity index (χ2n) is 7.11. The van der Waals surface area contributed by atoms with Gasteiger partial charge in [-0.1, -0.05) is 60.7 Å². The van der Waals surface area contributed by atoms with Crippen molar-refractivity contribution < 1.29 is 29.5 Å². The molecule has 2 rings (SSSR count). The van der Waals surface area contributed by atoms with Crippen LogP contribution in [-0.4, -0.2) is 64.2 Å². The number of hydrogen-bond acceptors (Lipinski definition) is 6. The quantitative estimate of drug-likeness (QED) is 0.236. The molecule has 0 saturated carbocycles. The van der Waals surface area contributed by atoms with Crippen molar-refractivity contribution in [1.29, 1.82) is 0 Å². The zero-order valence-electron chi connectivity index (χ0n) is 17.3. The van der Waals surface area contributed by atoms with E-state index in [0.29, 0.717) is 5.56 Å². The number of nitrogens with zero attached hydrogens (tertiary/aromatic N) is 1. The summed E-state index contributed by atoms with van der Waals surface area (Å²) in [5.74, 6) is -3.63. The van der Waals surface area contributed by atoms with E-state index >= 15 is 0 Å². The molecule has 2 atom stereocenters. The summed E-state index contributed by atoms with van der Waals surface area (Å²) in [6.45, 7) is -1.38. The van der Waals surface area contributed by atoms with E-state index in [0.717, 1.165) is 5.56 Å². The van der Waals surface area contributed by atoms with Crippen LogP contribution >= 0.6 is 0 Å². The van der Waals surface area contributed by atoms with Crippen LogP contribution in [0.2, 0.25) is 0 Å². The first-order chi connectivity index (χ1) is 15.3. The minimum absolute atomic E-state index is 0.0174. The molecule has 10 heteroatoms. The highest BCUT2D eigenvalue weighted by Gasteiger charge is 2.27. The van der Waals surface area contributed by atoms with Gasteiger partial charge in [0.15, 0.2) is 0 Å². The van der Waals surface area contributed by atoms with Gasteiger partial charge in [0.2, 0.25) is 11.8 Å².